The van der Waals surface area contributed by atoms with Crippen molar-refractivity contribution in [2.45, 2.75) is 46.5 Å². The molecule has 4 heterocycles. The first-order chi connectivity index (χ1) is 27.8. The summed E-state index contributed by atoms with van der Waals surface area (Å²) in [5, 5.41) is 22.8. The molecule has 1 N–H and O–H groups in total. The fourth-order valence-corrected chi connectivity index (χ4v) is 6.54. The second-order valence-electron chi connectivity index (χ2n) is 13.1. The molecular weight excluding hydrogens is 723 g/mol. The van der Waals surface area contributed by atoms with E-state index in [2.05, 4.69) is 22.3 Å². The Balaban J connectivity index is 1.35. The van der Waals surface area contributed by atoms with Crippen molar-refractivity contribution in [2.24, 2.45) is 7.05 Å². The quantitative estimate of drug-likeness (QED) is 0.117. The molecule has 57 heavy (non-hydrogen) atoms. The number of hydrogen-bond donors (Lipinski definition) is 1. The van der Waals surface area contributed by atoms with Crippen molar-refractivity contribution in [1.82, 2.24) is 44.6 Å². The summed E-state index contributed by atoms with van der Waals surface area (Å²) in [6.07, 6.45) is 2.29. The topological polar surface area (TPSA) is 145 Å². The van der Waals surface area contributed by atoms with Gasteiger partial charge in [0.25, 0.3) is 5.91 Å². The minimum Gasteiger partial charge on any atom is -0.497 e. The summed E-state index contributed by atoms with van der Waals surface area (Å²) in [4.78, 5) is 18.9. The van der Waals surface area contributed by atoms with E-state index in [0.29, 0.717) is 83.0 Å². The highest BCUT2D eigenvalue weighted by Crippen LogP contribution is 2.37. The number of pyridine rings is 1. The molecule has 7 aromatic rings. The molecule has 290 valence electrons. The molecular formula is C43H43N9O5. The van der Waals surface area contributed by atoms with E-state index in [0.717, 1.165) is 22.4 Å². The normalized spacial score (nSPS) is 10.9. The van der Waals surface area contributed by atoms with Gasteiger partial charge in [-0.1, -0.05) is 42.5 Å². The number of hydrogen-bond acceptors (Lipinski definition) is 10. The minimum atomic E-state index is -0.388. The number of benzene rings is 3. The zero-order chi connectivity index (χ0) is 39.9. The average molecular weight is 766 g/mol. The summed E-state index contributed by atoms with van der Waals surface area (Å²) >= 11 is 0. The lowest BCUT2D eigenvalue weighted by Crippen LogP contribution is -2.24. The highest BCUT2D eigenvalue weighted by Gasteiger charge is 2.28. The number of methoxy groups -OCH3 is 3. The number of nitrogens with one attached hydrogen (secondary N) is 1. The first-order valence-electron chi connectivity index (χ1n) is 18.3. The molecule has 0 aliphatic heterocycles. The molecule has 3 aromatic carbocycles. The SMILES string of the molecule is CC#CCCn1nc(C)c(OCc2ccccc2)c1-c1nnc(-c2nc(C(=O)NCc3ccc(OC)cc3OC)cc3c2cnn3C)n1Cc1ccc(OC)cc1. The van der Waals surface area contributed by atoms with Gasteiger partial charge in [-0.15, -0.1) is 22.0 Å². The number of aryl methyl sites for hydroxylation is 3. The molecule has 0 saturated carbocycles. The van der Waals surface area contributed by atoms with E-state index in [4.69, 9.17) is 39.2 Å². The summed E-state index contributed by atoms with van der Waals surface area (Å²) in [6, 6.07) is 24.9. The molecule has 0 bridgehead atoms. The third-order valence-electron chi connectivity index (χ3n) is 9.51. The van der Waals surface area contributed by atoms with E-state index in [1.807, 2.05) is 96.9 Å². The molecule has 0 saturated heterocycles. The lowest BCUT2D eigenvalue weighted by molar-refractivity contribution is 0.0946. The van der Waals surface area contributed by atoms with Crippen molar-refractivity contribution in [1.29, 1.82) is 0 Å². The van der Waals surface area contributed by atoms with E-state index in [-0.39, 0.29) is 18.1 Å². The molecule has 0 atom stereocenters. The van der Waals surface area contributed by atoms with Crippen molar-refractivity contribution in [2.75, 3.05) is 21.3 Å². The Morgan fingerprint density at radius 2 is 1.63 bits per heavy atom. The molecule has 0 spiro atoms. The van der Waals surface area contributed by atoms with Gasteiger partial charge in [0, 0.05) is 37.0 Å². The number of fused-ring (bicyclic) bond motifs is 1. The van der Waals surface area contributed by atoms with Crippen LogP contribution in [0.4, 0.5) is 0 Å². The van der Waals surface area contributed by atoms with Gasteiger partial charge in [0.2, 0.25) is 0 Å². The van der Waals surface area contributed by atoms with Crippen LogP contribution in [0.5, 0.6) is 23.0 Å². The van der Waals surface area contributed by atoms with E-state index < -0.39 is 0 Å². The fourth-order valence-electron chi connectivity index (χ4n) is 6.54. The average Bonchev–Trinajstić information content (AvgIpc) is 3.92. The number of ether oxygens (including phenoxy) is 4. The van der Waals surface area contributed by atoms with Crippen LogP contribution in [-0.4, -0.2) is 66.5 Å². The van der Waals surface area contributed by atoms with Crippen molar-refractivity contribution in [3.05, 3.63) is 113 Å². The second kappa shape index (κ2) is 17.1. The van der Waals surface area contributed by atoms with Gasteiger partial charge in [-0.3, -0.25) is 18.7 Å². The standard InChI is InChI=1S/C43H43N9O5/c1-7-8-12-21-52-39(40(28(2)49-52)57-27-30-13-10-9-11-14-30)42-48-47-41(51(42)26-29-15-18-32(54-4)19-16-29)38-34-25-45-50(3)36(34)23-35(46-38)43(53)44-24-31-17-20-33(55-5)22-37(31)56-6/h9-11,13-20,22-23,25H,12,21,24,26-27H2,1-6H3,(H,44,53). The van der Waals surface area contributed by atoms with Gasteiger partial charge in [0.1, 0.15) is 46.6 Å². The Morgan fingerprint density at radius 1 is 0.877 bits per heavy atom. The van der Waals surface area contributed by atoms with Crippen LogP contribution < -0.4 is 24.3 Å². The zero-order valence-electron chi connectivity index (χ0n) is 32.7. The van der Waals surface area contributed by atoms with Crippen LogP contribution in [0.25, 0.3) is 33.9 Å². The highest BCUT2D eigenvalue weighted by atomic mass is 16.5. The number of carbonyl (C=O) groups excluding carboxylic acids is 1. The molecule has 0 unspecified atom stereocenters. The van der Waals surface area contributed by atoms with Crippen LogP contribution in [0.15, 0.2) is 85.1 Å². The molecule has 14 nitrogen and oxygen atoms in total. The van der Waals surface area contributed by atoms with E-state index in [9.17, 15) is 4.79 Å². The zero-order valence-corrected chi connectivity index (χ0v) is 32.7. The van der Waals surface area contributed by atoms with E-state index in [1.54, 1.807) is 44.3 Å². The molecule has 0 aliphatic rings. The molecule has 4 aromatic heterocycles. The largest absolute Gasteiger partial charge is 0.497 e. The van der Waals surface area contributed by atoms with Crippen molar-refractivity contribution < 1.29 is 23.7 Å². The molecule has 0 fully saturated rings. The van der Waals surface area contributed by atoms with Gasteiger partial charge < -0.3 is 24.3 Å². The van der Waals surface area contributed by atoms with Gasteiger partial charge in [-0.05, 0) is 55.3 Å². The number of aromatic nitrogens is 8. The Hall–Kier alpha value is -7.14. The molecule has 7 rings (SSSR count). The fraction of sp³-hybridized carbons (Fsp3) is 0.256. The van der Waals surface area contributed by atoms with Crippen molar-refractivity contribution in [3.8, 4) is 57.9 Å². The van der Waals surface area contributed by atoms with Crippen molar-refractivity contribution in [3.63, 3.8) is 0 Å². The lowest BCUT2D eigenvalue weighted by Gasteiger charge is -2.15. The Morgan fingerprint density at radius 3 is 2.37 bits per heavy atom. The summed E-state index contributed by atoms with van der Waals surface area (Å²) in [7, 11) is 6.62. The molecule has 0 radical (unpaired) electrons. The van der Waals surface area contributed by atoms with Gasteiger partial charge in [-0.25, -0.2) is 4.98 Å². The Labute approximate surface area is 330 Å². The summed E-state index contributed by atoms with van der Waals surface area (Å²) in [6.45, 7) is 5.10. The van der Waals surface area contributed by atoms with Gasteiger partial charge in [-0.2, -0.15) is 10.2 Å². The number of rotatable bonds is 15. The van der Waals surface area contributed by atoms with Gasteiger partial charge in [0.15, 0.2) is 17.4 Å². The maximum Gasteiger partial charge on any atom is 0.270 e. The van der Waals surface area contributed by atoms with Crippen LogP contribution >= 0.6 is 0 Å². The van der Waals surface area contributed by atoms with Crippen LogP contribution in [-0.2, 0) is 33.3 Å². The Bertz CT molecular complexity index is 2580. The number of nitrogens with zero attached hydrogens (tertiary/aromatic N) is 8. The van der Waals surface area contributed by atoms with Crippen LogP contribution in [0.3, 0.4) is 0 Å². The van der Waals surface area contributed by atoms with E-state index in [1.165, 1.54) is 0 Å². The van der Waals surface area contributed by atoms with Crippen molar-refractivity contribution >= 4 is 16.8 Å². The first kappa shape index (κ1) is 38.1. The molecule has 0 aliphatic carbocycles. The van der Waals surface area contributed by atoms with Crippen LogP contribution in [0.2, 0.25) is 0 Å². The highest BCUT2D eigenvalue weighted by molar-refractivity contribution is 5.99. The lowest BCUT2D eigenvalue weighted by atomic mass is 10.1. The molecule has 1 amide bonds. The number of carbonyl (C=O) groups is 1. The Kier molecular flexibility index (Phi) is 11.5. The summed E-state index contributed by atoms with van der Waals surface area (Å²) < 4.78 is 28.5. The molecule has 14 heteroatoms. The van der Waals surface area contributed by atoms with E-state index >= 15 is 0 Å². The maximum absolute atomic E-state index is 13.9. The maximum atomic E-state index is 13.9. The monoisotopic (exact) mass is 765 g/mol. The van der Waals surface area contributed by atoms with Crippen LogP contribution in [0, 0.1) is 18.8 Å². The second-order valence-corrected chi connectivity index (χ2v) is 13.1. The van der Waals surface area contributed by atoms with Crippen LogP contribution in [0.1, 0.15) is 46.2 Å². The third-order valence-corrected chi connectivity index (χ3v) is 9.51. The van der Waals surface area contributed by atoms with Gasteiger partial charge in [0.05, 0.1) is 46.1 Å². The first-order valence-corrected chi connectivity index (χ1v) is 18.3. The predicted octanol–water partition coefficient (Wildman–Crippen LogP) is 6.40. The van der Waals surface area contributed by atoms with Gasteiger partial charge >= 0.3 is 0 Å². The smallest absolute Gasteiger partial charge is 0.270 e. The number of amides is 1. The minimum absolute atomic E-state index is 0.181. The summed E-state index contributed by atoms with van der Waals surface area (Å²) in [5.41, 5.74) is 5.40. The third kappa shape index (κ3) is 8.13. The predicted molar refractivity (Wildman–Crippen MR) is 215 cm³/mol. The summed E-state index contributed by atoms with van der Waals surface area (Å²) in [5.74, 6) is 9.24.